The Kier molecular flexibility index (Phi) is 6.03. The zero-order chi connectivity index (χ0) is 17.7. The molecule has 128 valence electrons. The van der Waals surface area contributed by atoms with Gasteiger partial charge in [-0.3, -0.25) is 4.79 Å². The second-order valence-electron chi connectivity index (χ2n) is 5.04. The second kappa shape index (κ2) is 8.01. The number of phenolic OH excluding ortho intramolecular Hbond substituents is 1. The SMILES string of the molecule is COc1ccc(NC(=O)Cc2cc(Cl)ccc2O)cc1C(O)OC. The van der Waals surface area contributed by atoms with Crippen LogP contribution in [0.3, 0.4) is 0 Å². The number of nitrogens with one attached hydrogen (secondary N) is 1. The summed E-state index contributed by atoms with van der Waals surface area (Å²) in [6.07, 6.45) is -1.21. The van der Waals surface area contributed by atoms with Crippen LogP contribution in [0.5, 0.6) is 11.5 Å². The molecule has 2 aromatic carbocycles. The quantitative estimate of drug-likeness (QED) is 0.696. The van der Waals surface area contributed by atoms with E-state index < -0.39 is 6.29 Å². The molecule has 0 aromatic heterocycles. The fraction of sp³-hybridized carbons (Fsp3) is 0.235. The van der Waals surface area contributed by atoms with E-state index in [1.807, 2.05) is 0 Å². The Labute approximate surface area is 144 Å². The van der Waals surface area contributed by atoms with E-state index in [0.717, 1.165) is 0 Å². The molecule has 0 aliphatic carbocycles. The van der Waals surface area contributed by atoms with Crippen LogP contribution >= 0.6 is 11.6 Å². The Bertz CT molecular complexity index is 735. The summed E-state index contributed by atoms with van der Waals surface area (Å²) in [4.78, 5) is 12.2. The number of carbonyl (C=O) groups is 1. The fourth-order valence-corrected chi connectivity index (χ4v) is 2.40. The van der Waals surface area contributed by atoms with Gasteiger partial charge in [0.2, 0.25) is 5.91 Å². The topological polar surface area (TPSA) is 88.0 Å². The summed E-state index contributed by atoms with van der Waals surface area (Å²) < 4.78 is 10.0. The molecule has 2 rings (SSSR count). The third-order valence-corrected chi connectivity index (χ3v) is 3.63. The molecule has 0 aliphatic heterocycles. The van der Waals surface area contributed by atoms with Crippen molar-refractivity contribution < 1.29 is 24.5 Å². The lowest BCUT2D eigenvalue weighted by Crippen LogP contribution is -2.15. The lowest BCUT2D eigenvalue weighted by Gasteiger charge is -2.15. The standard InChI is InChI=1S/C17H18ClNO5/c1-23-15-6-4-12(9-13(15)17(22)24-2)19-16(21)8-10-7-11(18)3-5-14(10)20/h3-7,9,17,20,22H,8H2,1-2H3,(H,19,21). The summed E-state index contributed by atoms with van der Waals surface area (Å²) in [6.45, 7) is 0. The molecule has 0 heterocycles. The van der Waals surface area contributed by atoms with Gasteiger partial charge in [0.05, 0.1) is 19.1 Å². The van der Waals surface area contributed by atoms with Gasteiger partial charge in [-0.1, -0.05) is 11.6 Å². The van der Waals surface area contributed by atoms with Crippen LogP contribution in [0.2, 0.25) is 5.02 Å². The predicted molar refractivity (Wildman–Crippen MR) is 90.4 cm³/mol. The van der Waals surface area contributed by atoms with Crippen molar-refractivity contribution in [1.82, 2.24) is 0 Å². The molecule has 0 radical (unpaired) electrons. The number of phenols is 1. The smallest absolute Gasteiger partial charge is 0.228 e. The number of aliphatic hydroxyl groups is 1. The molecule has 0 bridgehead atoms. The molecule has 0 aliphatic rings. The van der Waals surface area contributed by atoms with Gasteiger partial charge >= 0.3 is 0 Å². The van der Waals surface area contributed by atoms with Crippen LogP contribution < -0.4 is 10.1 Å². The van der Waals surface area contributed by atoms with Gasteiger partial charge in [0.15, 0.2) is 6.29 Å². The number of amides is 1. The highest BCUT2D eigenvalue weighted by molar-refractivity contribution is 6.30. The number of anilines is 1. The first kappa shape index (κ1) is 18.1. The molecule has 3 N–H and O–H groups in total. The summed E-state index contributed by atoms with van der Waals surface area (Å²) in [5, 5.41) is 22.7. The minimum atomic E-state index is -1.17. The first-order chi connectivity index (χ1) is 11.4. The zero-order valence-corrected chi connectivity index (χ0v) is 14.0. The number of carbonyl (C=O) groups excluding carboxylic acids is 1. The minimum absolute atomic E-state index is 0.000208. The maximum Gasteiger partial charge on any atom is 0.228 e. The number of hydrogen-bond donors (Lipinski definition) is 3. The fourth-order valence-electron chi connectivity index (χ4n) is 2.21. The maximum atomic E-state index is 12.2. The minimum Gasteiger partial charge on any atom is -0.508 e. The van der Waals surface area contributed by atoms with Crippen molar-refractivity contribution in [2.24, 2.45) is 0 Å². The average Bonchev–Trinajstić information content (AvgIpc) is 2.57. The van der Waals surface area contributed by atoms with Gasteiger partial charge in [0.1, 0.15) is 11.5 Å². The molecule has 1 amide bonds. The third-order valence-electron chi connectivity index (χ3n) is 3.40. The Morgan fingerprint density at radius 1 is 1.25 bits per heavy atom. The van der Waals surface area contributed by atoms with E-state index in [-0.39, 0.29) is 18.1 Å². The van der Waals surface area contributed by atoms with Crippen LogP contribution in [-0.2, 0) is 16.0 Å². The van der Waals surface area contributed by atoms with Crippen molar-refractivity contribution in [3.63, 3.8) is 0 Å². The van der Waals surface area contributed by atoms with Crippen molar-refractivity contribution in [1.29, 1.82) is 0 Å². The van der Waals surface area contributed by atoms with Crippen molar-refractivity contribution in [3.05, 3.63) is 52.5 Å². The van der Waals surface area contributed by atoms with Gasteiger partial charge < -0.3 is 25.0 Å². The summed E-state index contributed by atoms with van der Waals surface area (Å²) in [6, 6.07) is 9.32. The number of hydrogen-bond acceptors (Lipinski definition) is 5. The first-order valence-electron chi connectivity index (χ1n) is 7.10. The monoisotopic (exact) mass is 351 g/mol. The molecular weight excluding hydrogens is 334 g/mol. The average molecular weight is 352 g/mol. The predicted octanol–water partition coefficient (Wildman–Crippen LogP) is 2.87. The summed E-state index contributed by atoms with van der Waals surface area (Å²) in [5.41, 5.74) is 1.28. The molecule has 6 nitrogen and oxygen atoms in total. The first-order valence-corrected chi connectivity index (χ1v) is 7.48. The Balaban J connectivity index is 2.15. The van der Waals surface area contributed by atoms with Crippen LogP contribution in [0.4, 0.5) is 5.69 Å². The molecule has 24 heavy (non-hydrogen) atoms. The van der Waals surface area contributed by atoms with Crippen LogP contribution in [0, 0.1) is 0 Å². The van der Waals surface area contributed by atoms with Gasteiger partial charge in [0, 0.05) is 23.4 Å². The number of aliphatic hydroxyl groups excluding tert-OH is 1. The molecule has 0 saturated heterocycles. The van der Waals surface area contributed by atoms with E-state index in [4.69, 9.17) is 21.1 Å². The van der Waals surface area contributed by atoms with Crippen LogP contribution in [-0.4, -0.2) is 30.3 Å². The van der Waals surface area contributed by atoms with Crippen molar-refractivity contribution in [2.75, 3.05) is 19.5 Å². The highest BCUT2D eigenvalue weighted by atomic mass is 35.5. The molecule has 0 fully saturated rings. The van der Waals surface area contributed by atoms with Gasteiger partial charge in [-0.2, -0.15) is 0 Å². The molecule has 1 atom stereocenters. The van der Waals surface area contributed by atoms with Crippen LogP contribution in [0.1, 0.15) is 17.4 Å². The highest BCUT2D eigenvalue weighted by Gasteiger charge is 2.15. The zero-order valence-electron chi connectivity index (χ0n) is 13.2. The lowest BCUT2D eigenvalue weighted by atomic mass is 10.1. The molecule has 0 spiro atoms. The summed E-state index contributed by atoms with van der Waals surface area (Å²) in [5.74, 6) is 0.102. The molecule has 7 heteroatoms. The number of aromatic hydroxyl groups is 1. The molecule has 1 unspecified atom stereocenters. The number of methoxy groups -OCH3 is 2. The van der Waals surface area contributed by atoms with E-state index in [1.54, 1.807) is 24.3 Å². The van der Waals surface area contributed by atoms with Crippen molar-refractivity contribution in [3.8, 4) is 11.5 Å². The number of benzene rings is 2. The number of rotatable bonds is 6. The summed E-state index contributed by atoms with van der Waals surface area (Å²) >= 11 is 5.87. The normalized spacial score (nSPS) is 11.8. The lowest BCUT2D eigenvalue weighted by molar-refractivity contribution is -0.115. The van der Waals surface area contributed by atoms with Gasteiger partial charge in [-0.25, -0.2) is 0 Å². The third kappa shape index (κ3) is 4.38. The Hall–Kier alpha value is -2.28. The molecule has 2 aromatic rings. The Morgan fingerprint density at radius 3 is 2.67 bits per heavy atom. The van der Waals surface area contributed by atoms with Gasteiger partial charge in [-0.15, -0.1) is 0 Å². The van der Waals surface area contributed by atoms with E-state index in [2.05, 4.69) is 5.32 Å². The van der Waals surface area contributed by atoms with E-state index in [1.165, 1.54) is 26.4 Å². The van der Waals surface area contributed by atoms with Crippen molar-refractivity contribution >= 4 is 23.2 Å². The Morgan fingerprint density at radius 2 is 2.00 bits per heavy atom. The summed E-state index contributed by atoms with van der Waals surface area (Å²) in [7, 11) is 2.83. The highest BCUT2D eigenvalue weighted by Crippen LogP contribution is 2.29. The van der Waals surface area contributed by atoms with E-state index in [9.17, 15) is 15.0 Å². The molecule has 0 saturated carbocycles. The van der Waals surface area contributed by atoms with Gasteiger partial charge in [-0.05, 0) is 36.4 Å². The van der Waals surface area contributed by atoms with Crippen LogP contribution in [0.25, 0.3) is 0 Å². The number of ether oxygens (including phenoxy) is 2. The number of halogens is 1. The second-order valence-corrected chi connectivity index (χ2v) is 5.48. The molecular formula is C17H18ClNO5. The maximum absolute atomic E-state index is 12.2. The van der Waals surface area contributed by atoms with E-state index in [0.29, 0.717) is 27.6 Å². The van der Waals surface area contributed by atoms with E-state index >= 15 is 0 Å². The van der Waals surface area contributed by atoms with Gasteiger partial charge in [0.25, 0.3) is 0 Å². The van der Waals surface area contributed by atoms with Crippen LogP contribution in [0.15, 0.2) is 36.4 Å². The van der Waals surface area contributed by atoms with Crippen molar-refractivity contribution in [2.45, 2.75) is 12.7 Å². The largest absolute Gasteiger partial charge is 0.508 e.